The molecule has 1 aromatic heterocycles. The van der Waals surface area contributed by atoms with Crippen LogP contribution in [0.1, 0.15) is 18.1 Å². The number of carbonyl (C=O) groups excluding carboxylic acids is 1. The predicted octanol–water partition coefficient (Wildman–Crippen LogP) is 4.67. The minimum atomic E-state index is -0.277. The number of aryl methyl sites for hydroxylation is 2. The predicted molar refractivity (Wildman–Crippen MR) is 118 cm³/mol. The van der Waals surface area contributed by atoms with Crippen LogP contribution in [-0.4, -0.2) is 34.8 Å². The maximum atomic E-state index is 12.6. The second-order valence-electron chi connectivity index (χ2n) is 7.04. The van der Waals surface area contributed by atoms with Crippen LogP contribution in [0.4, 0.5) is 11.4 Å². The monoisotopic (exact) mass is 394 g/mol. The minimum absolute atomic E-state index is 0.0442. The van der Waals surface area contributed by atoms with E-state index in [1.165, 1.54) is 22.9 Å². The first-order valence-electron chi connectivity index (χ1n) is 9.21. The van der Waals surface area contributed by atoms with Gasteiger partial charge in [-0.1, -0.05) is 17.8 Å². The standard InChI is InChI=1S/C22H26N4OS/c1-15-6-9-20(14-16(15)2)26-13-12-23-22(26)28-17(3)21(27)24-18-7-10-19(11-8-18)25(4)5/h6-14,17H,1-5H3,(H,24,27). The fraction of sp³-hybridized carbons (Fsp3) is 0.273. The quantitative estimate of drug-likeness (QED) is 0.617. The van der Waals surface area contributed by atoms with E-state index >= 15 is 0 Å². The van der Waals surface area contributed by atoms with Gasteiger partial charge >= 0.3 is 0 Å². The molecule has 1 heterocycles. The number of amides is 1. The second kappa shape index (κ2) is 8.52. The third kappa shape index (κ3) is 4.57. The third-order valence-electron chi connectivity index (χ3n) is 4.68. The van der Waals surface area contributed by atoms with E-state index in [9.17, 15) is 4.79 Å². The Morgan fingerprint density at radius 3 is 2.46 bits per heavy atom. The van der Waals surface area contributed by atoms with Crippen molar-refractivity contribution in [2.45, 2.75) is 31.2 Å². The van der Waals surface area contributed by atoms with E-state index < -0.39 is 0 Å². The zero-order valence-electron chi connectivity index (χ0n) is 16.9. The van der Waals surface area contributed by atoms with Crippen molar-refractivity contribution in [2.75, 3.05) is 24.3 Å². The number of anilines is 2. The van der Waals surface area contributed by atoms with Crippen LogP contribution in [0.3, 0.4) is 0 Å². The van der Waals surface area contributed by atoms with Crippen LogP contribution < -0.4 is 10.2 Å². The van der Waals surface area contributed by atoms with Gasteiger partial charge in [0, 0.05) is 43.6 Å². The van der Waals surface area contributed by atoms with Crippen LogP contribution in [0, 0.1) is 13.8 Å². The molecule has 0 saturated carbocycles. The van der Waals surface area contributed by atoms with Gasteiger partial charge in [-0.15, -0.1) is 0 Å². The largest absolute Gasteiger partial charge is 0.378 e. The highest BCUT2D eigenvalue weighted by Gasteiger charge is 2.18. The lowest BCUT2D eigenvalue weighted by molar-refractivity contribution is -0.115. The van der Waals surface area contributed by atoms with Crippen molar-refractivity contribution in [3.63, 3.8) is 0 Å². The number of thioether (sulfide) groups is 1. The van der Waals surface area contributed by atoms with E-state index in [1.54, 1.807) is 6.20 Å². The van der Waals surface area contributed by atoms with E-state index in [1.807, 2.05) is 60.9 Å². The fourth-order valence-electron chi connectivity index (χ4n) is 2.75. The SMILES string of the molecule is Cc1ccc(-n2ccnc2SC(C)C(=O)Nc2ccc(N(C)C)cc2)cc1C. The van der Waals surface area contributed by atoms with E-state index in [0.717, 1.165) is 22.2 Å². The summed E-state index contributed by atoms with van der Waals surface area (Å²) in [5, 5.41) is 3.50. The van der Waals surface area contributed by atoms with Gasteiger partial charge in [0.2, 0.25) is 5.91 Å². The topological polar surface area (TPSA) is 50.2 Å². The lowest BCUT2D eigenvalue weighted by atomic mass is 10.1. The summed E-state index contributed by atoms with van der Waals surface area (Å²) in [4.78, 5) is 19.1. The Hall–Kier alpha value is -2.73. The number of rotatable bonds is 6. The lowest BCUT2D eigenvalue weighted by Crippen LogP contribution is -2.23. The number of hydrogen-bond donors (Lipinski definition) is 1. The molecular formula is C22H26N4OS. The summed E-state index contributed by atoms with van der Waals surface area (Å²) >= 11 is 1.45. The first-order chi connectivity index (χ1) is 13.3. The van der Waals surface area contributed by atoms with Crippen LogP contribution in [0.2, 0.25) is 0 Å². The maximum Gasteiger partial charge on any atom is 0.237 e. The maximum absolute atomic E-state index is 12.6. The molecule has 0 saturated heterocycles. The molecule has 28 heavy (non-hydrogen) atoms. The van der Waals surface area contributed by atoms with Crippen molar-refractivity contribution in [1.82, 2.24) is 9.55 Å². The highest BCUT2D eigenvalue weighted by atomic mass is 32.2. The highest BCUT2D eigenvalue weighted by Crippen LogP contribution is 2.26. The van der Waals surface area contributed by atoms with E-state index in [0.29, 0.717) is 0 Å². The molecule has 146 valence electrons. The van der Waals surface area contributed by atoms with Crippen LogP contribution in [-0.2, 0) is 4.79 Å². The molecular weight excluding hydrogens is 368 g/mol. The Morgan fingerprint density at radius 1 is 1.11 bits per heavy atom. The summed E-state index contributed by atoms with van der Waals surface area (Å²) in [5.74, 6) is -0.0442. The van der Waals surface area contributed by atoms with Crippen LogP contribution in [0.5, 0.6) is 0 Å². The van der Waals surface area contributed by atoms with Gasteiger partial charge in [-0.05, 0) is 68.3 Å². The number of benzene rings is 2. The van der Waals surface area contributed by atoms with Crippen molar-refractivity contribution in [2.24, 2.45) is 0 Å². The molecule has 3 aromatic rings. The van der Waals surface area contributed by atoms with Gasteiger partial charge < -0.3 is 10.2 Å². The first kappa shape index (κ1) is 20.0. The van der Waals surface area contributed by atoms with Gasteiger partial charge in [-0.25, -0.2) is 4.98 Å². The third-order valence-corrected chi connectivity index (χ3v) is 5.76. The average Bonchev–Trinajstić information content (AvgIpc) is 3.12. The van der Waals surface area contributed by atoms with Gasteiger partial charge in [0.15, 0.2) is 5.16 Å². The number of carbonyl (C=O) groups is 1. The smallest absolute Gasteiger partial charge is 0.237 e. The summed E-state index contributed by atoms with van der Waals surface area (Å²) in [5.41, 5.74) is 5.42. The van der Waals surface area contributed by atoms with E-state index in [2.05, 4.69) is 42.3 Å². The van der Waals surface area contributed by atoms with Gasteiger partial charge in [0.1, 0.15) is 0 Å². The molecule has 1 unspecified atom stereocenters. The Bertz CT molecular complexity index is 963. The fourth-order valence-corrected chi connectivity index (χ4v) is 3.63. The van der Waals surface area contributed by atoms with Crippen LogP contribution in [0.25, 0.3) is 5.69 Å². The Kier molecular flexibility index (Phi) is 6.09. The average molecular weight is 395 g/mol. The molecule has 1 atom stereocenters. The molecule has 1 amide bonds. The zero-order valence-corrected chi connectivity index (χ0v) is 17.7. The molecule has 0 aliphatic heterocycles. The zero-order chi connectivity index (χ0) is 20.3. The summed E-state index contributed by atoms with van der Waals surface area (Å²) < 4.78 is 2.02. The molecule has 0 aliphatic carbocycles. The normalized spacial score (nSPS) is 11.9. The van der Waals surface area contributed by atoms with Gasteiger partial charge in [0.05, 0.1) is 5.25 Å². The van der Waals surface area contributed by atoms with E-state index in [-0.39, 0.29) is 11.2 Å². The minimum Gasteiger partial charge on any atom is -0.378 e. The molecule has 3 rings (SSSR count). The molecule has 0 radical (unpaired) electrons. The van der Waals surface area contributed by atoms with Crippen LogP contribution >= 0.6 is 11.8 Å². The molecule has 0 bridgehead atoms. The summed E-state index contributed by atoms with van der Waals surface area (Å²) in [6.45, 7) is 6.09. The Labute approximate surface area is 170 Å². The number of nitrogens with zero attached hydrogens (tertiary/aromatic N) is 3. The van der Waals surface area contributed by atoms with Crippen molar-refractivity contribution in [3.8, 4) is 5.69 Å². The van der Waals surface area contributed by atoms with Gasteiger partial charge in [-0.3, -0.25) is 9.36 Å². The Morgan fingerprint density at radius 2 is 1.82 bits per heavy atom. The van der Waals surface area contributed by atoms with Crippen molar-refractivity contribution >= 4 is 29.0 Å². The molecule has 1 N–H and O–H groups in total. The molecule has 0 spiro atoms. The number of aromatic nitrogens is 2. The second-order valence-corrected chi connectivity index (χ2v) is 8.35. The number of imidazole rings is 1. The molecule has 6 heteroatoms. The van der Waals surface area contributed by atoms with Gasteiger partial charge in [-0.2, -0.15) is 0 Å². The summed E-state index contributed by atoms with van der Waals surface area (Å²) in [7, 11) is 3.98. The number of nitrogens with one attached hydrogen (secondary N) is 1. The molecule has 0 fully saturated rings. The number of hydrogen-bond acceptors (Lipinski definition) is 4. The summed E-state index contributed by atoms with van der Waals surface area (Å²) in [6, 6.07) is 14.1. The van der Waals surface area contributed by atoms with Gasteiger partial charge in [0.25, 0.3) is 0 Å². The van der Waals surface area contributed by atoms with Crippen LogP contribution in [0.15, 0.2) is 60.0 Å². The Balaban J connectivity index is 1.69. The van der Waals surface area contributed by atoms with Crippen molar-refractivity contribution in [1.29, 1.82) is 0 Å². The molecule has 5 nitrogen and oxygen atoms in total. The first-order valence-corrected chi connectivity index (χ1v) is 10.1. The lowest BCUT2D eigenvalue weighted by Gasteiger charge is -2.15. The summed E-state index contributed by atoms with van der Waals surface area (Å²) in [6.07, 6.45) is 3.69. The highest BCUT2D eigenvalue weighted by molar-refractivity contribution is 8.00. The van der Waals surface area contributed by atoms with E-state index in [4.69, 9.17) is 0 Å². The molecule has 0 aliphatic rings. The molecule has 2 aromatic carbocycles. The van der Waals surface area contributed by atoms with Crippen molar-refractivity contribution in [3.05, 3.63) is 66.0 Å². The van der Waals surface area contributed by atoms with Crippen molar-refractivity contribution < 1.29 is 4.79 Å².